The highest BCUT2D eigenvalue weighted by atomic mass is 16.5. The molecular weight excluding hydrogens is 364 g/mol. The summed E-state index contributed by atoms with van der Waals surface area (Å²) in [5, 5.41) is 8.70. The average molecular weight is 393 g/mol. The summed E-state index contributed by atoms with van der Waals surface area (Å²) in [6, 6.07) is 8.68. The molecule has 2 aromatic heterocycles. The molecule has 3 heterocycles. The van der Waals surface area contributed by atoms with Gasteiger partial charge in [0, 0.05) is 37.1 Å². The molecule has 0 radical (unpaired) electrons. The monoisotopic (exact) mass is 392 g/mol. The smallest absolute Gasteiger partial charge is 0.132 e. The molecule has 1 N–H and O–H groups in total. The number of likely N-dealkylation sites (N-methyl/N-ethyl adjacent to an activating group) is 1. The lowest BCUT2D eigenvalue weighted by atomic mass is 10.1. The van der Waals surface area contributed by atoms with E-state index in [1.165, 1.54) is 0 Å². The van der Waals surface area contributed by atoms with Crippen LogP contribution in [0.25, 0.3) is 22.3 Å². The number of nitrogens with zero attached hydrogens (tertiary/aromatic N) is 5. The Morgan fingerprint density at radius 1 is 1.21 bits per heavy atom. The molecule has 2 aliphatic rings. The Hall–Kier alpha value is -2.67. The summed E-state index contributed by atoms with van der Waals surface area (Å²) in [4.78, 5) is 13.9. The Balaban J connectivity index is 1.44. The van der Waals surface area contributed by atoms with Crippen LogP contribution in [-0.2, 0) is 0 Å². The fraction of sp³-hybridized carbons (Fsp3) is 0.500. The van der Waals surface area contributed by atoms with Crippen LogP contribution < -0.4 is 9.64 Å². The van der Waals surface area contributed by atoms with Crippen molar-refractivity contribution in [1.29, 1.82) is 0 Å². The predicted octanol–water partition coefficient (Wildman–Crippen LogP) is 3.48. The number of piperazine rings is 1. The first-order valence-electron chi connectivity index (χ1n) is 10.5. The molecule has 1 aliphatic carbocycles. The van der Waals surface area contributed by atoms with Gasteiger partial charge in [-0.05, 0) is 51.4 Å². The zero-order valence-corrected chi connectivity index (χ0v) is 17.4. The Labute approximate surface area is 171 Å². The minimum absolute atomic E-state index is 0.00299. The number of ether oxygens (including phenoxy) is 1. The van der Waals surface area contributed by atoms with Gasteiger partial charge in [0.05, 0.1) is 11.2 Å². The van der Waals surface area contributed by atoms with E-state index < -0.39 is 0 Å². The lowest BCUT2D eigenvalue weighted by Crippen LogP contribution is -2.52. The van der Waals surface area contributed by atoms with Crippen molar-refractivity contribution in [2.75, 3.05) is 31.1 Å². The second kappa shape index (κ2) is 6.99. The maximum absolute atomic E-state index is 6.15. The lowest BCUT2D eigenvalue weighted by Gasteiger charge is -2.39. The van der Waals surface area contributed by atoms with E-state index >= 15 is 0 Å². The Bertz CT molecular complexity index is 1030. The first-order valence-corrected chi connectivity index (χ1v) is 10.5. The van der Waals surface area contributed by atoms with Gasteiger partial charge in [0.1, 0.15) is 29.2 Å². The van der Waals surface area contributed by atoms with Crippen LogP contribution in [0, 0.1) is 0 Å². The van der Waals surface area contributed by atoms with Crippen molar-refractivity contribution >= 4 is 16.7 Å². The number of H-pyrrole nitrogens is 1. The van der Waals surface area contributed by atoms with Crippen LogP contribution in [0.3, 0.4) is 0 Å². The fourth-order valence-corrected chi connectivity index (χ4v) is 4.14. The third kappa shape index (κ3) is 3.55. The molecule has 7 heteroatoms. The minimum atomic E-state index is -0.00299. The quantitative estimate of drug-likeness (QED) is 0.717. The van der Waals surface area contributed by atoms with Gasteiger partial charge in [-0.25, -0.2) is 9.97 Å². The molecule has 1 saturated carbocycles. The van der Waals surface area contributed by atoms with Crippen molar-refractivity contribution in [3.05, 3.63) is 30.6 Å². The second-order valence-corrected chi connectivity index (χ2v) is 8.52. The van der Waals surface area contributed by atoms with E-state index in [0.717, 1.165) is 72.9 Å². The number of hydrogen-bond acceptors (Lipinski definition) is 6. The molecule has 5 rings (SSSR count). The molecule has 0 amide bonds. The molecule has 7 nitrogen and oxygen atoms in total. The van der Waals surface area contributed by atoms with E-state index in [1.54, 1.807) is 6.33 Å². The minimum Gasteiger partial charge on any atom is -0.488 e. The zero-order valence-electron chi connectivity index (χ0n) is 17.4. The lowest BCUT2D eigenvalue weighted by molar-refractivity contribution is 0.199. The number of benzene rings is 1. The number of aromatic nitrogens is 4. The van der Waals surface area contributed by atoms with Gasteiger partial charge in [0.25, 0.3) is 0 Å². The number of aromatic amines is 1. The predicted molar refractivity (Wildman–Crippen MR) is 114 cm³/mol. The first-order chi connectivity index (χ1) is 14.0. The van der Waals surface area contributed by atoms with Crippen molar-refractivity contribution in [3.8, 4) is 17.1 Å². The highest BCUT2D eigenvalue weighted by Gasteiger charge is 2.40. The zero-order chi connectivity index (χ0) is 20.0. The summed E-state index contributed by atoms with van der Waals surface area (Å²) in [7, 11) is 0. The summed E-state index contributed by atoms with van der Waals surface area (Å²) in [6.45, 7) is 10.8. The second-order valence-electron chi connectivity index (χ2n) is 8.52. The standard InChI is InChI=1S/C22H28N6O/c1-4-27-9-10-28(13-15(27)2)20-12-19(23-14-24-20)21-17-11-16(29-22(3)7-8-22)5-6-18(17)25-26-21/h5-6,11-12,14-15H,4,7-10,13H2,1-3H3,(H,25,26)/t15-/m1/s1. The molecule has 29 heavy (non-hydrogen) atoms. The van der Waals surface area contributed by atoms with Crippen molar-refractivity contribution < 1.29 is 4.74 Å². The van der Waals surface area contributed by atoms with Crippen LogP contribution in [-0.4, -0.2) is 62.9 Å². The summed E-state index contributed by atoms with van der Waals surface area (Å²) in [5.41, 5.74) is 2.66. The van der Waals surface area contributed by atoms with Gasteiger partial charge in [0.2, 0.25) is 0 Å². The largest absolute Gasteiger partial charge is 0.488 e. The van der Waals surface area contributed by atoms with Crippen LogP contribution >= 0.6 is 0 Å². The summed E-state index contributed by atoms with van der Waals surface area (Å²) in [6.07, 6.45) is 3.87. The summed E-state index contributed by atoms with van der Waals surface area (Å²) < 4.78 is 6.15. The van der Waals surface area contributed by atoms with Gasteiger partial charge in [-0.3, -0.25) is 10.00 Å². The van der Waals surface area contributed by atoms with Crippen molar-refractivity contribution in [1.82, 2.24) is 25.1 Å². The van der Waals surface area contributed by atoms with E-state index in [4.69, 9.17) is 4.74 Å². The van der Waals surface area contributed by atoms with Crippen LogP contribution in [0.5, 0.6) is 5.75 Å². The molecule has 0 bridgehead atoms. The third-order valence-corrected chi connectivity index (χ3v) is 6.24. The molecule has 2 fully saturated rings. The normalized spacial score (nSPS) is 21.5. The van der Waals surface area contributed by atoms with Gasteiger partial charge in [-0.1, -0.05) is 6.92 Å². The Morgan fingerprint density at radius 3 is 2.83 bits per heavy atom. The molecule has 152 valence electrons. The van der Waals surface area contributed by atoms with Gasteiger partial charge in [-0.15, -0.1) is 0 Å². The van der Waals surface area contributed by atoms with Gasteiger partial charge in [0.15, 0.2) is 0 Å². The molecule has 0 unspecified atom stereocenters. The Kier molecular flexibility index (Phi) is 4.42. The average Bonchev–Trinajstić information content (AvgIpc) is 3.30. The number of hydrogen-bond donors (Lipinski definition) is 1. The molecule has 3 aromatic rings. The van der Waals surface area contributed by atoms with Crippen LogP contribution in [0.15, 0.2) is 30.6 Å². The molecular formula is C22H28N6O. The van der Waals surface area contributed by atoms with Gasteiger partial charge < -0.3 is 9.64 Å². The van der Waals surface area contributed by atoms with Crippen LogP contribution in [0.4, 0.5) is 5.82 Å². The highest BCUT2D eigenvalue weighted by Crippen LogP contribution is 2.40. The molecule has 1 saturated heterocycles. The summed E-state index contributed by atoms with van der Waals surface area (Å²) in [5.74, 6) is 1.85. The summed E-state index contributed by atoms with van der Waals surface area (Å²) >= 11 is 0. The third-order valence-electron chi connectivity index (χ3n) is 6.24. The Morgan fingerprint density at radius 2 is 2.07 bits per heavy atom. The van der Waals surface area contributed by atoms with Crippen molar-refractivity contribution in [3.63, 3.8) is 0 Å². The molecule has 1 aliphatic heterocycles. The molecule has 1 aromatic carbocycles. The van der Waals surface area contributed by atoms with E-state index in [2.05, 4.69) is 62.9 Å². The highest BCUT2D eigenvalue weighted by molar-refractivity contribution is 5.93. The van der Waals surface area contributed by atoms with E-state index in [1.807, 2.05) is 12.1 Å². The first kappa shape index (κ1) is 18.4. The number of anilines is 1. The number of nitrogens with one attached hydrogen (secondary N) is 1. The fourth-order valence-electron chi connectivity index (χ4n) is 4.14. The van der Waals surface area contributed by atoms with Crippen LogP contribution in [0.2, 0.25) is 0 Å². The van der Waals surface area contributed by atoms with Crippen molar-refractivity contribution in [2.24, 2.45) is 0 Å². The maximum atomic E-state index is 6.15. The van der Waals surface area contributed by atoms with Gasteiger partial charge >= 0.3 is 0 Å². The SMILES string of the molecule is CCN1CCN(c2cc(-c3n[nH]c4ccc(OC5(C)CC5)cc34)ncn2)C[C@H]1C. The van der Waals surface area contributed by atoms with Crippen LogP contribution in [0.1, 0.15) is 33.6 Å². The van der Waals surface area contributed by atoms with E-state index in [9.17, 15) is 0 Å². The molecule has 1 atom stereocenters. The topological polar surface area (TPSA) is 70.2 Å². The van der Waals surface area contributed by atoms with E-state index in [0.29, 0.717) is 6.04 Å². The van der Waals surface area contributed by atoms with Crippen molar-refractivity contribution in [2.45, 2.75) is 45.3 Å². The number of rotatable bonds is 5. The maximum Gasteiger partial charge on any atom is 0.132 e. The van der Waals surface area contributed by atoms with E-state index in [-0.39, 0.29) is 5.60 Å². The molecule has 0 spiro atoms. The number of fused-ring (bicyclic) bond motifs is 1. The van der Waals surface area contributed by atoms with Gasteiger partial charge in [-0.2, -0.15) is 5.10 Å².